The van der Waals surface area contributed by atoms with Crippen molar-refractivity contribution in [3.63, 3.8) is 0 Å². The number of aryl methyl sites for hydroxylation is 1. The molecule has 0 spiro atoms. The van der Waals surface area contributed by atoms with E-state index in [1.54, 1.807) is 27.4 Å². The number of fused-ring (bicyclic) bond motifs is 3. The summed E-state index contributed by atoms with van der Waals surface area (Å²) in [4.78, 5) is 25.1. The second-order valence-electron chi connectivity index (χ2n) is 8.71. The number of amides is 1. The fourth-order valence-electron chi connectivity index (χ4n) is 4.35. The molecular weight excluding hydrogens is 420 g/mol. The van der Waals surface area contributed by atoms with Gasteiger partial charge in [-0.05, 0) is 60.1 Å². The summed E-state index contributed by atoms with van der Waals surface area (Å²) < 4.78 is 17.0. The molecule has 1 amide bonds. The topological polar surface area (TPSA) is 85.9 Å². The van der Waals surface area contributed by atoms with E-state index in [4.69, 9.17) is 14.2 Å². The standard InChI is InChI=1S/C26H34N2O5/c1-15(2)11-12-27-21-10-8-18-19(14-22(21)30)20(28-16(3)29)9-7-17-13-23(31-4)25(32-5)26(33-6)24(17)18/h8,10,13-15,20H,7,9,11-12H2,1-6H3,(H,27,30)(H,28,29). The highest BCUT2D eigenvalue weighted by molar-refractivity contribution is 5.83. The van der Waals surface area contributed by atoms with Crippen LogP contribution in [0.15, 0.2) is 29.1 Å². The number of carbonyl (C=O) groups is 1. The quantitative estimate of drug-likeness (QED) is 0.618. The van der Waals surface area contributed by atoms with Gasteiger partial charge in [-0.15, -0.1) is 0 Å². The van der Waals surface area contributed by atoms with Crippen molar-refractivity contribution in [2.45, 2.75) is 46.1 Å². The Labute approximate surface area is 195 Å². The van der Waals surface area contributed by atoms with Crippen molar-refractivity contribution in [2.75, 3.05) is 33.2 Å². The maximum absolute atomic E-state index is 13.1. The number of ether oxygens (including phenoxy) is 3. The minimum Gasteiger partial charge on any atom is -0.493 e. The SMILES string of the molecule is COc1cc2c(c(OC)c1OC)-c1ccc(NCCC(C)C)c(=O)cc1C(NC(C)=O)CC2. The molecule has 0 aromatic heterocycles. The van der Waals surface area contributed by atoms with Gasteiger partial charge in [-0.2, -0.15) is 0 Å². The Morgan fingerprint density at radius 2 is 1.82 bits per heavy atom. The number of hydrogen-bond donors (Lipinski definition) is 2. The lowest BCUT2D eigenvalue weighted by atomic mass is 9.95. The first-order valence-corrected chi connectivity index (χ1v) is 11.3. The summed E-state index contributed by atoms with van der Waals surface area (Å²) in [6.45, 7) is 6.50. The molecule has 0 heterocycles. The molecule has 7 heteroatoms. The van der Waals surface area contributed by atoms with E-state index in [0.717, 1.165) is 28.7 Å². The van der Waals surface area contributed by atoms with Gasteiger partial charge in [0.05, 0.1) is 33.1 Å². The van der Waals surface area contributed by atoms with Crippen molar-refractivity contribution in [1.29, 1.82) is 0 Å². The molecule has 0 saturated heterocycles. The molecule has 1 atom stereocenters. The lowest BCUT2D eigenvalue weighted by molar-refractivity contribution is -0.119. The molecule has 1 aliphatic rings. The van der Waals surface area contributed by atoms with Crippen LogP contribution in [0.2, 0.25) is 0 Å². The molecule has 2 aromatic rings. The maximum atomic E-state index is 13.1. The van der Waals surface area contributed by atoms with Gasteiger partial charge in [-0.25, -0.2) is 0 Å². The predicted molar refractivity (Wildman–Crippen MR) is 131 cm³/mol. The number of nitrogens with one attached hydrogen (secondary N) is 2. The van der Waals surface area contributed by atoms with Gasteiger partial charge < -0.3 is 24.8 Å². The van der Waals surface area contributed by atoms with Crippen LogP contribution in [0.5, 0.6) is 17.2 Å². The largest absolute Gasteiger partial charge is 0.493 e. The molecule has 0 radical (unpaired) electrons. The van der Waals surface area contributed by atoms with Crippen molar-refractivity contribution in [3.05, 3.63) is 45.6 Å². The van der Waals surface area contributed by atoms with E-state index in [2.05, 4.69) is 24.5 Å². The lowest BCUT2D eigenvalue weighted by Gasteiger charge is -2.19. The van der Waals surface area contributed by atoms with Crippen molar-refractivity contribution in [1.82, 2.24) is 5.32 Å². The van der Waals surface area contributed by atoms with Crippen LogP contribution in [-0.4, -0.2) is 33.8 Å². The molecule has 0 fully saturated rings. The summed E-state index contributed by atoms with van der Waals surface area (Å²) in [5.74, 6) is 2.00. The minimum atomic E-state index is -0.310. The summed E-state index contributed by atoms with van der Waals surface area (Å²) in [6.07, 6.45) is 2.26. The normalized spacial score (nSPS) is 14.6. The molecule has 0 saturated carbocycles. The predicted octanol–water partition coefficient (Wildman–Crippen LogP) is 4.32. The van der Waals surface area contributed by atoms with Crippen LogP contribution in [0.25, 0.3) is 11.1 Å². The van der Waals surface area contributed by atoms with E-state index >= 15 is 0 Å². The molecule has 3 rings (SSSR count). The number of methoxy groups -OCH3 is 3. The molecular formula is C26H34N2O5. The first kappa shape index (κ1) is 24.4. The van der Waals surface area contributed by atoms with Crippen molar-refractivity contribution in [3.8, 4) is 28.4 Å². The van der Waals surface area contributed by atoms with Crippen molar-refractivity contribution < 1.29 is 19.0 Å². The molecule has 0 bridgehead atoms. The van der Waals surface area contributed by atoms with Gasteiger partial charge in [0, 0.05) is 19.0 Å². The van der Waals surface area contributed by atoms with Gasteiger partial charge >= 0.3 is 0 Å². The zero-order valence-corrected chi connectivity index (χ0v) is 20.3. The third-order valence-corrected chi connectivity index (χ3v) is 5.95. The Hall–Kier alpha value is -3.22. The fourth-order valence-corrected chi connectivity index (χ4v) is 4.35. The Morgan fingerprint density at radius 3 is 2.42 bits per heavy atom. The van der Waals surface area contributed by atoms with E-state index in [1.165, 1.54) is 6.92 Å². The third-order valence-electron chi connectivity index (χ3n) is 5.95. The third kappa shape index (κ3) is 5.24. The van der Waals surface area contributed by atoms with E-state index in [-0.39, 0.29) is 17.4 Å². The molecule has 2 N–H and O–H groups in total. The highest BCUT2D eigenvalue weighted by Gasteiger charge is 2.29. The Kier molecular flexibility index (Phi) is 7.84. The Morgan fingerprint density at radius 1 is 1.09 bits per heavy atom. The first-order chi connectivity index (χ1) is 15.8. The van der Waals surface area contributed by atoms with E-state index in [1.807, 2.05) is 18.2 Å². The molecule has 1 aliphatic carbocycles. The highest BCUT2D eigenvalue weighted by Crippen LogP contribution is 2.50. The summed E-state index contributed by atoms with van der Waals surface area (Å²) in [5.41, 5.74) is 3.86. The lowest BCUT2D eigenvalue weighted by Crippen LogP contribution is -2.26. The number of anilines is 1. The van der Waals surface area contributed by atoms with Gasteiger partial charge in [-0.1, -0.05) is 19.9 Å². The molecule has 33 heavy (non-hydrogen) atoms. The van der Waals surface area contributed by atoms with Gasteiger partial charge in [0.2, 0.25) is 17.1 Å². The number of rotatable bonds is 8. The summed E-state index contributed by atoms with van der Waals surface area (Å²) >= 11 is 0. The summed E-state index contributed by atoms with van der Waals surface area (Å²) in [5, 5.41) is 6.30. The van der Waals surface area contributed by atoms with Gasteiger partial charge in [0.15, 0.2) is 11.5 Å². The average Bonchev–Trinajstić information content (AvgIpc) is 3.01. The fraction of sp³-hybridized carbons (Fsp3) is 0.462. The first-order valence-electron chi connectivity index (χ1n) is 11.3. The second-order valence-corrected chi connectivity index (χ2v) is 8.71. The van der Waals surface area contributed by atoms with Gasteiger partial charge in [0.25, 0.3) is 0 Å². The van der Waals surface area contributed by atoms with Crippen LogP contribution in [-0.2, 0) is 11.2 Å². The molecule has 2 aromatic carbocycles. The van der Waals surface area contributed by atoms with E-state index < -0.39 is 0 Å². The van der Waals surface area contributed by atoms with Crippen molar-refractivity contribution in [2.24, 2.45) is 5.92 Å². The summed E-state index contributed by atoms with van der Waals surface area (Å²) in [7, 11) is 4.75. The highest BCUT2D eigenvalue weighted by atomic mass is 16.5. The Bertz CT molecular complexity index is 1080. The van der Waals surface area contributed by atoms with Crippen LogP contribution >= 0.6 is 0 Å². The van der Waals surface area contributed by atoms with Crippen LogP contribution in [0.1, 0.15) is 50.8 Å². The zero-order chi connectivity index (χ0) is 24.1. The number of hydrogen-bond acceptors (Lipinski definition) is 6. The van der Waals surface area contributed by atoms with Crippen LogP contribution in [0.4, 0.5) is 5.69 Å². The average molecular weight is 455 g/mol. The molecule has 0 aliphatic heterocycles. The van der Waals surface area contributed by atoms with Crippen LogP contribution in [0.3, 0.4) is 0 Å². The minimum absolute atomic E-state index is 0.113. The molecule has 178 valence electrons. The Balaban J connectivity index is 2.27. The number of benzene rings is 1. The van der Waals surface area contributed by atoms with E-state index in [0.29, 0.717) is 48.2 Å². The second kappa shape index (κ2) is 10.6. The van der Waals surface area contributed by atoms with Crippen molar-refractivity contribution >= 4 is 11.6 Å². The van der Waals surface area contributed by atoms with Gasteiger partial charge in [-0.3, -0.25) is 9.59 Å². The smallest absolute Gasteiger partial charge is 0.217 e. The molecule has 7 nitrogen and oxygen atoms in total. The summed E-state index contributed by atoms with van der Waals surface area (Å²) in [6, 6.07) is 7.03. The number of carbonyl (C=O) groups excluding carboxylic acids is 1. The van der Waals surface area contributed by atoms with Crippen LogP contribution in [0, 0.1) is 5.92 Å². The zero-order valence-electron chi connectivity index (χ0n) is 20.3. The maximum Gasteiger partial charge on any atom is 0.217 e. The monoisotopic (exact) mass is 454 g/mol. The van der Waals surface area contributed by atoms with Gasteiger partial charge in [0.1, 0.15) is 0 Å². The van der Waals surface area contributed by atoms with Crippen LogP contribution < -0.4 is 30.3 Å². The van der Waals surface area contributed by atoms with E-state index in [9.17, 15) is 9.59 Å². The molecule has 1 unspecified atom stereocenters.